The van der Waals surface area contributed by atoms with Gasteiger partial charge in [0.25, 0.3) is 0 Å². The largest absolute Gasteiger partial charge is 0.359 e. The Labute approximate surface area is 152 Å². The van der Waals surface area contributed by atoms with Crippen molar-refractivity contribution in [1.82, 2.24) is 15.0 Å². The van der Waals surface area contributed by atoms with Crippen molar-refractivity contribution < 1.29 is 13.2 Å². The Bertz CT molecular complexity index is 1140. The Kier molecular flexibility index (Phi) is 4.15. The molecule has 0 saturated carbocycles. The zero-order valence-corrected chi connectivity index (χ0v) is 14.1. The van der Waals surface area contributed by atoms with Crippen molar-refractivity contribution in [1.29, 1.82) is 0 Å². The monoisotopic (exact) mass is 369 g/mol. The van der Waals surface area contributed by atoms with Crippen molar-refractivity contribution in [3.05, 3.63) is 71.8 Å². The minimum Gasteiger partial charge on any atom is -0.359 e. The number of hydrogen-bond acceptors (Lipinski definition) is 4. The van der Waals surface area contributed by atoms with Crippen LogP contribution >= 0.6 is 0 Å². The van der Waals surface area contributed by atoms with Crippen LogP contribution in [0.15, 0.2) is 48.7 Å². The summed E-state index contributed by atoms with van der Waals surface area (Å²) in [5, 5.41) is 6.16. The van der Waals surface area contributed by atoms with Gasteiger partial charge in [0.15, 0.2) is 17.5 Å². The number of aromatic nitrogens is 3. The topological polar surface area (TPSA) is 65.6 Å². The van der Waals surface area contributed by atoms with Crippen molar-refractivity contribution >= 4 is 34.0 Å². The number of anilines is 4. The van der Waals surface area contributed by atoms with E-state index in [1.54, 1.807) is 24.3 Å². The summed E-state index contributed by atoms with van der Waals surface area (Å²) >= 11 is 0. The van der Waals surface area contributed by atoms with E-state index in [0.717, 1.165) is 17.8 Å². The zero-order valence-electron chi connectivity index (χ0n) is 14.1. The van der Waals surface area contributed by atoms with Crippen molar-refractivity contribution in [2.24, 2.45) is 0 Å². The van der Waals surface area contributed by atoms with Crippen molar-refractivity contribution in [2.75, 3.05) is 10.6 Å². The van der Waals surface area contributed by atoms with Gasteiger partial charge in [-0.1, -0.05) is 0 Å². The molecule has 0 unspecified atom stereocenters. The number of hydrogen-bond donors (Lipinski definition) is 3. The number of benzene rings is 2. The molecule has 0 atom stereocenters. The molecule has 2 heterocycles. The van der Waals surface area contributed by atoms with Gasteiger partial charge in [0.05, 0.1) is 5.69 Å². The average Bonchev–Trinajstić information content (AvgIpc) is 3.02. The molecule has 8 heteroatoms. The number of nitrogens with one attached hydrogen (secondary N) is 3. The minimum atomic E-state index is -0.980. The quantitative estimate of drug-likeness (QED) is 0.464. The van der Waals surface area contributed by atoms with E-state index in [1.807, 2.05) is 6.92 Å². The lowest BCUT2D eigenvalue weighted by molar-refractivity contribution is 0.509. The molecule has 2 aromatic carbocycles. The molecule has 0 aliphatic heterocycles. The summed E-state index contributed by atoms with van der Waals surface area (Å²) in [5.74, 6) is -1.81. The number of aromatic amines is 1. The van der Waals surface area contributed by atoms with Crippen molar-refractivity contribution in [2.45, 2.75) is 6.92 Å². The lowest BCUT2D eigenvalue weighted by Crippen LogP contribution is -2.02. The van der Waals surface area contributed by atoms with E-state index < -0.39 is 17.5 Å². The first-order chi connectivity index (χ1) is 13.0. The Morgan fingerprint density at radius 1 is 0.926 bits per heavy atom. The third-order valence-electron chi connectivity index (χ3n) is 3.97. The summed E-state index contributed by atoms with van der Waals surface area (Å²) in [7, 11) is 0. The Hall–Kier alpha value is -3.55. The number of nitrogens with zero attached hydrogens (tertiary/aromatic N) is 2. The summed E-state index contributed by atoms with van der Waals surface area (Å²) in [4.78, 5) is 11.3. The molecule has 0 saturated heterocycles. The smallest absolute Gasteiger partial charge is 0.229 e. The molecule has 0 aliphatic rings. The van der Waals surface area contributed by atoms with Gasteiger partial charge in [-0.05, 0) is 43.3 Å². The first kappa shape index (κ1) is 16.9. The first-order valence-electron chi connectivity index (χ1n) is 8.09. The molecule has 0 fully saturated rings. The Morgan fingerprint density at radius 3 is 2.59 bits per heavy atom. The number of halogens is 3. The molecular weight excluding hydrogens is 355 g/mol. The summed E-state index contributed by atoms with van der Waals surface area (Å²) in [5.41, 5.74) is 2.13. The summed E-state index contributed by atoms with van der Waals surface area (Å²) in [6.07, 6.45) is 1.47. The maximum absolute atomic E-state index is 14.7. The van der Waals surface area contributed by atoms with Crippen LogP contribution in [0.5, 0.6) is 0 Å². The molecule has 3 N–H and O–H groups in total. The molecule has 0 aliphatic carbocycles. The highest BCUT2D eigenvalue weighted by Crippen LogP contribution is 2.27. The molecule has 4 rings (SSSR count). The summed E-state index contributed by atoms with van der Waals surface area (Å²) < 4.78 is 41.0. The SMILES string of the molecule is Cc1cc2c(F)c(Nc3ccnc(Nc4ccc(F)c(F)c4)n3)ccc2[nH]1. The second-order valence-electron chi connectivity index (χ2n) is 5.99. The van der Waals surface area contributed by atoms with Crippen LogP contribution in [0.2, 0.25) is 0 Å². The molecule has 2 aromatic heterocycles. The number of rotatable bonds is 4. The predicted molar refractivity (Wildman–Crippen MR) is 97.9 cm³/mol. The third-order valence-corrected chi connectivity index (χ3v) is 3.97. The highest BCUT2D eigenvalue weighted by Gasteiger charge is 2.11. The molecule has 0 spiro atoms. The minimum absolute atomic E-state index is 0.157. The Morgan fingerprint density at radius 2 is 1.78 bits per heavy atom. The van der Waals surface area contributed by atoms with Crippen molar-refractivity contribution in [3.63, 3.8) is 0 Å². The zero-order chi connectivity index (χ0) is 19.0. The molecule has 4 aromatic rings. The third kappa shape index (κ3) is 3.41. The second kappa shape index (κ2) is 6.64. The molecule has 0 amide bonds. The number of H-pyrrole nitrogens is 1. The van der Waals surface area contributed by atoms with Crippen LogP contribution in [0.3, 0.4) is 0 Å². The molecule has 5 nitrogen and oxygen atoms in total. The van der Waals surface area contributed by atoms with E-state index in [1.165, 1.54) is 12.3 Å². The second-order valence-corrected chi connectivity index (χ2v) is 5.99. The maximum Gasteiger partial charge on any atom is 0.229 e. The normalized spacial score (nSPS) is 11.0. The Balaban J connectivity index is 1.59. The van der Waals surface area contributed by atoms with Crippen LogP contribution in [0.4, 0.5) is 36.3 Å². The van der Waals surface area contributed by atoms with E-state index in [0.29, 0.717) is 22.4 Å². The van der Waals surface area contributed by atoms with Gasteiger partial charge < -0.3 is 15.6 Å². The summed E-state index contributed by atoms with van der Waals surface area (Å²) in [6, 6.07) is 10.1. The molecular formula is C19H14F3N5. The van der Waals surface area contributed by atoms with Gasteiger partial charge in [-0.2, -0.15) is 4.98 Å². The van der Waals surface area contributed by atoms with E-state index >= 15 is 0 Å². The van der Waals surface area contributed by atoms with Gasteiger partial charge in [0.2, 0.25) is 5.95 Å². The summed E-state index contributed by atoms with van der Waals surface area (Å²) in [6.45, 7) is 1.85. The van der Waals surface area contributed by atoms with Gasteiger partial charge in [-0.15, -0.1) is 0 Å². The molecule has 0 radical (unpaired) electrons. The average molecular weight is 369 g/mol. The van der Waals surface area contributed by atoms with Gasteiger partial charge in [-0.25, -0.2) is 18.2 Å². The lowest BCUT2D eigenvalue weighted by atomic mass is 10.2. The fourth-order valence-corrected chi connectivity index (χ4v) is 2.73. The first-order valence-corrected chi connectivity index (χ1v) is 8.09. The maximum atomic E-state index is 14.7. The van der Waals surface area contributed by atoms with E-state index in [9.17, 15) is 13.2 Å². The van der Waals surface area contributed by atoms with E-state index in [4.69, 9.17) is 0 Å². The molecule has 27 heavy (non-hydrogen) atoms. The molecule has 0 bridgehead atoms. The van der Waals surface area contributed by atoms with Crippen molar-refractivity contribution in [3.8, 4) is 0 Å². The van der Waals surface area contributed by atoms with E-state index in [-0.39, 0.29) is 11.6 Å². The van der Waals surface area contributed by atoms with Crippen LogP contribution in [0.1, 0.15) is 5.69 Å². The van der Waals surface area contributed by atoms with Crippen LogP contribution < -0.4 is 10.6 Å². The van der Waals surface area contributed by atoms with Gasteiger partial charge in [0, 0.05) is 34.5 Å². The number of aryl methyl sites for hydroxylation is 1. The fraction of sp³-hybridized carbons (Fsp3) is 0.0526. The predicted octanol–water partition coefficient (Wildman–Crippen LogP) is 5.17. The number of fused-ring (bicyclic) bond motifs is 1. The lowest BCUT2D eigenvalue weighted by Gasteiger charge is -2.10. The van der Waals surface area contributed by atoms with Gasteiger partial charge in [0.1, 0.15) is 5.82 Å². The van der Waals surface area contributed by atoms with Crippen LogP contribution in [-0.2, 0) is 0 Å². The van der Waals surface area contributed by atoms with Crippen LogP contribution in [0, 0.1) is 24.4 Å². The highest BCUT2D eigenvalue weighted by atomic mass is 19.2. The van der Waals surface area contributed by atoms with Crippen LogP contribution in [-0.4, -0.2) is 15.0 Å². The van der Waals surface area contributed by atoms with Gasteiger partial charge >= 0.3 is 0 Å². The highest BCUT2D eigenvalue weighted by molar-refractivity contribution is 5.85. The van der Waals surface area contributed by atoms with E-state index in [2.05, 4.69) is 25.6 Å². The standard InChI is InChI=1S/C19H14F3N5/c1-10-8-12-15(24-10)4-5-16(18(12)22)26-17-6-7-23-19(27-17)25-11-2-3-13(20)14(21)9-11/h2-9,24H,1H3,(H2,23,25,26,27). The molecule has 136 valence electrons. The van der Waals surface area contributed by atoms with Crippen LogP contribution in [0.25, 0.3) is 10.9 Å². The fourth-order valence-electron chi connectivity index (χ4n) is 2.73. The van der Waals surface area contributed by atoms with Gasteiger partial charge in [-0.3, -0.25) is 0 Å².